The maximum atomic E-state index is 11.2. The summed E-state index contributed by atoms with van der Waals surface area (Å²) >= 11 is 0. The van der Waals surface area contributed by atoms with Crippen LogP contribution in [0.4, 0.5) is 0 Å². The summed E-state index contributed by atoms with van der Waals surface area (Å²) in [4.78, 5) is 11.2. The minimum atomic E-state index is -0.276. The quantitative estimate of drug-likeness (QED) is 0.704. The van der Waals surface area contributed by atoms with E-state index >= 15 is 0 Å². The van der Waals surface area contributed by atoms with Crippen molar-refractivity contribution in [3.8, 4) is 5.69 Å². The number of aliphatic hydroxyl groups is 1. The molecule has 1 aromatic carbocycles. The van der Waals surface area contributed by atoms with E-state index in [1.54, 1.807) is 24.3 Å². The van der Waals surface area contributed by atoms with Crippen LogP contribution in [0, 0.1) is 0 Å². The molecule has 2 aromatic rings. The van der Waals surface area contributed by atoms with Crippen LogP contribution in [0.1, 0.15) is 5.56 Å². The van der Waals surface area contributed by atoms with E-state index in [-0.39, 0.29) is 12.3 Å². The van der Waals surface area contributed by atoms with Gasteiger partial charge in [0.15, 0.2) is 0 Å². The molecule has 0 unspecified atom stereocenters. The molecule has 0 spiro atoms. The van der Waals surface area contributed by atoms with Gasteiger partial charge in [0.1, 0.15) is 6.33 Å². The fourth-order valence-corrected chi connectivity index (χ4v) is 1.19. The molecule has 0 saturated carbocycles. The Balaban J connectivity index is 2.44. The first-order valence-electron chi connectivity index (χ1n) is 4.13. The highest BCUT2D eigenvalue weighted by Gasteiger charge is 1.99. The molecular formula is C9H9N3O2. The zero-order chi connectivity index (χ0) is 9.97. The van der Waals surface area contributed by atoms with Crippen LogP contribution < -0.4 is 5.69 Å². The molecule has 5 heteroatoms. The standard InChI is InChI=1S/C9H9N3O2/c13-5-7-1-3-8(4-2-7)12-6-10-11-9(12)14/h1-4,6,13H,5H2,(H,11,14). The maximum absolute atomic E-state index is 11.2. The van der Waals surface area contributed by atoms with Crippen molar-refractivity contribution in [1.82, 2.24) is 14.8 Å². The summed E-state index contributed by atoms with van der Waals surface area (Å²) < 4.78 is 1.39. The van der Waals surface area contributed by atoms with Crippen molar-refractivity contribution >= 4 is 0 Å². The first-order valence-corrected chi connectivity index (χ1v) is 4.13. The van der Waals surface area contributed by atoms with Gasteiger partial charge in [0.2, 0.25) is 0 Å². The molecule has 0 aliphatic rings. The van der Waals surface area contributed by atoms with E-state index in [2.05, 4.69) is 10.2 Å². The van der Waals surface area contributed by atoms with Crippen LogP contribution in [0.5, 0.6) is 0 Å². The van der Waals surface area contributed by atoms with E-state index in [1.807, 2.05) is 0 Å². The number of nitrogens with one attached hydrogen (secondary N) is 1. The normalized spacial score (nSPS) is 10.4. The molecule has 1 heterocycles. The summed E-state index contributed by atoms with van der Waals surface area (Å²) in [5, 5.41) is 14.7. The molecule has 5 nitrogen and oxygen atoms in total. The first kappa shape index (κ1) is 8.71. The molecule has 0 amide bonds. The lowest BCUT2D eigenvalue weighted by atomic mass is 10.2. The second-order valence-corrected chi connectivity index (χ2v) is 2.86. The number of hydrogen-bond donors (Lipinski definition) is 2. The van der Waals surface area contributed by atoms with Crippen molar-refractivity contribution in [2.45, 2.75) is 6.61 Å². The predicted molar refractivity (Wildman–Crippen MR) is 50.1 cm³/mol. The second kappa shape index (κ2) is 3.47. The summed E-state index contributed by atoms with van der Waals surface area (Å²) in [6.07, 6.45) is 1.41. The zero-order valence-electron chi connectivity index (χ0n) is 7.34. The Hall–Kier alpha value is -1.88. The zero-order valence-corrected chi connectivity index (χ0v) is 7.34. The third-order valence-electron chi connectivity index (χ3n) is 1.95. The topological polar surface area (TPSA) is 70.9 Å². The van der Waals surface area contributed by atoms with E-state index in [4.69, 9.17) is 5.11 Å². The van der Waals surface area contributed by atoms with E-state index in [0.29, 0.717) is 0 Å². The van der Waals surface area contributed by atoms with Crippen LogP contribution in [0.2, 0.25) is 0 Å². The summed E-state index contributed by atoms with van der Waals surface area (Å²) in [5.41, 5.74) is 1.26. The van der Waals surface area contributed by atoms with Gasteiger partial charge < -0.3 is 5.11 Å². The molecule has 2 rings (SSSR count). The van der Waals surface area contributed by atoms with Crippen LogP contribution in [0.15, 0.2) is 35.4 Å². The molecule has 1 aromatic heterocycles. The fraction of sp³-hybridized carbons (Fsp3) is 0.111. The summed E-state index contributed by atoms with van der Waals surface area (Å²) in [6.45, 7) is 0.000561. The van der Waals surface area contributed by atoms with Crippen LogP contribution in [0.3, 0.4) is 0 Å². The van der Waals surface area contributed by atoms with Gasteiger partial charge in [0.25, 0.3) is 0 Å². The van der Waals surface area contributed by atoms with Crippen molar-refractivity contribution in [3.05, 3.63) is 46.6 Å². The van der Waals surface area contributed by atoms with Crippen molar-refractivity contribution in [1.29, 1.82) is 0 Å². The Morgan fingerprint density at radius 2 is 2.07 bits per heavy atom. The molecule has 0 atom stereocenters. The lowest BCUT2D eigenvalue weighted by Crippen LogP contribution is -2.13. The molecule has 0 aliphatic carbocycles. The average Bonchev–Trinajstić information content (AvgIpc) is 2.65. The number of aromatic amines is 1. The molecule has 0 saturated heterocycles. The Kier molecular flexibility index (Phi) is 2.16. The molecule has 2 N–H and O–H groups in total. The second-order valence-electron chi connectivity index (χ2n) is 2.86. The number of aromatic nitrogens is 3. The van der Waals surface area contributed by atoms with E-state index in [9.17, 15) is 4.79 Å². The molecule has 14 heavy (non-hydrogen) atoms. The maximum Gasteiger partial charge on any atom is 0.347 e. The third kappa shape index (κ3) is 1.45. The van der Waals surface area contributed by atoms with Gasteiger partial charge in [-0.15, -0.1) is 0 Å². The van der Waals surface area contributed by atoms with Crippen molar-refractivity contribution in [3.63, 3.8) is 0 Å². The summed E-state index contributed by atoms with van der Waals surface area (Å²) in [7, 11) is 0. The minimum Gasteiger partial charge on any atom is -0.392 e. The number of rotatable bonds is 2. The predicted octanol–water partition coefficient (Wildman–Crippen LogP) is 0.0529. The minimum absolute atomic E-state index is 0.000561. The smallest absolute Gasteiger partial charge is 0.347 e. The van der Waals surface area contributed by atoms with Gasteiger partial charge in [-0.1, -0.05) is 12.1 Å². The fourth-order valence-electron chi connectivity index (χ4n) is 1.19. The highest BCUT2D eigenvalue weighted by atomic mass is 16.3. The average molecular weight is 191 g/mol. The number of nitrogens with zero attached hydrogens (tertiary/aromatic N) is 2. The van der Waals surface area contributed by atoms with Gasteiger partial charge in [-0.3, -0.25) is 0 Å². The number of H-pyrrole nitrogens is 1. The first-order chi connectivity index (χ1) is 6.81. The highest BCUT2D eigenvalue weighted by Crippen LogP contribution is 2.06. The van der Waals surface area contributed by atoms with Crippen LogP contribution >= 0.6 is 0 Å². The summed E-state index contributed by atoms with van der Waals surface area (Å²) in [6, 6.07) is 7.02. The van der Waals surface area contributed by atoms with Crippen molar-refractivity contribution < 1.29 is 5.11 Å². The Morgan fingerprint density at radius 1 is 1.36 bits per heavy atom. The largest absolute Gasteiger partial charge is 0.392 e. The van der Waals surface area contributed by atoms with Crippen LogP contribution in [0.25, 0.3) is 5.69 Å². The third-order valence-corrected chi connectivity index (χ3v) is 1.95. The van der Waals surface area contributed by atoms with Crippen molar-refractivity contribution in [2.75, 3.05) is 0 Å². The molecule has 0 radical (unpaired) electrons. The van der Waals surface area contributed by atoms with Gasteiger partial charge in [-0.2, -0.15) is 5.10 Å². The van der Waals surface area contributed by atoms with E-state index < -0.39 is 0 Å². The number of benzene rings is 1. The van der Waals surface area contributed by atoms with Gasteiger partial charge in [-0.05, 0) is 17.7 Å². The van der Waals surface area contributed by atoms with E-state index in [1.165, 1.54) is 10.9 Å². The Morgan fingerprint density at radius 3 is 2.57 bits per heavy atom. The molecule has 0 bridgehead atoms. The van der Waals surface area contributed by atoms with Gasteiger partial charge in [-0.25, -0.2) is 14.5 Å². The van der Waals surface area contributed by atoms with Gasteiger partial charge in [0, 0.05) is 0 Å². The molecule has 0 aliphatic heterocycles. The van der Waals surface area contributed by atoms with Crippen LogP contribution in [-0.4, -0.2) is 19.9 Å². The molecule has 0 fully saturated rings. The SMILES string of the molecule is O=c1[nH]ncn1-c1ccc(CO)cc1. The molecule has 72 valence electrons. The van der Waals surface area contributed by atoms with Crippen LogP contribution in [-0.2, 0) is 6.61 Å². The van der Waals surface area contributed by atoms with Gasteiger partial charge >= 0.3 is 5.69 Å². The van der Waals surface area contributed by atoms with E-state index in [0.717, 1.165) is 11.3 Å². The molecular weight excluding hydrogens is 182 g/mol. The summed E-state index contributed by atoms with van der Waals surface area (Å²) in [5.74, 6) is 0. The lowest BCUT2D eigenvalue weighted by Gasteiger charge is -2.00. The lowest BCUT2D eigenvalue weighted by molar-refractivity contribution is 0.282. The number of aliphatic hydroxyl groups excluding tert-OH is 1. The highest BCUT2D eigenvalue weighted by molar-refractivity contribution is 5.33. The van der Waals surface area contributed by atoms with Gasteiger partial charge in [0.05, 0.1) is 12.3 Å². The van der Waals surface area contributed by atoms with Crippen molar-refractivity contribution in [2.24, 2.45) is 0 Å². The Bertz CT molecular complexity index is 469. The number of hydrogen-bond acceptors (Lipinski definition) is 3. The monoisotopic (exact) mass is 191 g/mol. The Labute approximate surface area is 79.6 Å².